The summed E-state index contributed by atoms with van der Waals surface area (Å²) >= 11 is 0. The van der Waals surface area contributed by atoms with E-state index in [0.717, 1.165) is 50.7 Å². The minimum atomic E-state index is -1.45. The summed E-state index contributed by atoms with van der Waals surface area (Å²) in [5.41, 5.74) is -1.74. The molecule has 2 N–H and O–H groups in total. The SMILES string of the molecule is CCCCCCCCCCCCCCCOC(=O)c1cc(C(=O)O)c(C(=O)OCCCCCCCCCCCCCCC)cc1C(=O)O. The van der Waals surface area contributed by atoms with Crippen molar-refractivity contribution < 1.29 is 38.9 Å². The van der Waals surface area contributed by atoms with Crippen LogP contribution in [0.25, 0.3) is 0 Å². The first kappa shape index (κ1) is 43.1. The molecular formula is C40H66O8. The van der Waals surface area contributed by atoms with E-state index in [9.17, 15) is 29.4 Å². The number of unbranched alkanes of at least 4 members (excludes halogenated alkanes) is 24. The zero-order valence-corrected chi connectivity index (χ0v) is 30.3. The average molecular weight is 675 g/mol. The number of esters is 2. The van der Waals surface area contributed by atoms with E-state index in [1.807, 2.05) is 0 Å². The minimum Gasteiger partial charge on any atom is -0.478 e. The number of carboxylic acid groups (broad SMARTS) is 2. The van der Waals surface area contributed by atoms with Gasteiger partial charge in [-0.2, -0.15) is 0 Å². The maximum absolute atomic E-state index is 12.8. The second kappa shape index (κ2) is 29.1. The summed E-state index contributed by atoms with van der Waals surface area (Å²) in [6.07, 6.45) is 30.7. The van der Waals surface area contributed by atoms with E-state index >= 15 is 0 Å². The zero-order chi connectivity index (χ0) is 35.2. The van der Waals surface area contributed by atoms with Crippen LogP contribution in [0.3, 0.4) is 0 Å². The van der Waals surface area contributed by atoms with Gasteiger partial charge in [0.1, 0.15) is 0 Å². The highest BCUT2D eigenvalue weighted by Crippen LogP contribution is 2.21. The van der Waals surface area contributed by atoms with Gasteiger partial charge in [-0.25, -0.2) is 19.2 Å². The maximum atomic E-state index is 12.8. The van der Waals surface area contributed by atoms with Crippen LogP contribution in [0.15, 0.2) is 12.1 Å². The van der Waals surface area contributed by atoms with Crippen LogP contribution in [-0.2, 0) is 9.47 Å². The fourth-order valence-corrected chi connectivity index (χ4v) is 6.02. The van der Waals surface area contributed by atoms with Crippen LogP contribution >= 0.6 is 0 Å². The lowest BCUT2D eigenvalue weighted by Crippen LogP contribution is -2.19. The van der Waals surface area contributed by atoms with Crippen LogP contribution in [0.1, 0.15) is 222 Å². The normalized spacial score (nSPS) is 11.0. The van der Waals surface area contributed by atoms with Crippen molar-refractivity contribution >= 4 is 23.9 Å². The molecule has 274 valence electrons. The first-order chi connectivity index (χ1) is 23.3. The predicted molar refractivity (Wildman–Crippen MR) is 192 cm³/mol. The van der Waals surface area contributed by atoms with Crippen molar-refractivity contribution in [1.82, 2.24) is 0 Å². The third kappa shape index (κ3) is 20.5. The summed E-state index contributed by atoms with van der Waals surface area (Å²) in [5.74, 6) is -4.74. The summed E-state index contributed by atoms with van der Waals surface area (Å²) in [5, 5.41) is 19.5. The van der Waals surface area contributed by atoms with Crippen LogP contribution in [0.5, 0.6) is 0 Å². The molecule has 0 unspecified atom stereocenters. The molecule has 0 spiro atoms. The van der Waals surface area contributed by atoms with Gasteiger partial charge in [0.05, 0.1) is 35.5 Å². The number of rotatable bonds is 32. The van der Waals surface area contributed by atoms with E-state index in [-0.39, 0.29) is 24.3 Å². The quantitative estimate of drug-likeness (QED) is 0.0571. The molecular weight excluding hydrogens is 608 g/mol. The maximum Gasteiger partial charge on any atom is 0.339 e. The Hall–Kier alpha value is -2.90. The van der Waals surface area contributed by atoms with Gasteiger partial charge in [-0.15, -0.1) is 0 Å². The Morgan fingerprint density at radius 2 is 0.625 bits per heavy atom. The smallest absolute Gasteiger partial charge is 0.339 e. The molecule has 0 radical (unpaired) electrons. The Kier molecular flexibility index (Phi) is 26.1. The molecule has 1 aromatic carbocycles. The number of hydrogen-bond acceptors (Lipinski definition) is 6. The van der Waals surface area contributed by atoms with E-state index < -0.39 is 35.0 Å². The van der Waals surface area contributed by atoms with Gasteiger partial charge in [-0.05, 0) is 25.0 Å². The van der Waals surface area contributed by atoms with Crippen molar-refractivity contribution in [1.29, 1.82) is 0 Å². The second-order valence-electron chi connectivity index (χ2n) is 13.3. The van der Waals surface area contributed by atoms with Crippen molar-refractivity contribution in [3.05, 3.63) is 34.4 Å². The first-order valence-corrected chi connectivity index (χ1v) is 19.3. The van der Waals surface area contributed by atoms with Crippen LogP contribution in [0.4, 0.5) is 0 Å². The molecule has 0 aromatic heterocycles. The highest BCUT2D eigenvalue weighted by atomic mass is 16.5. The van der Waals surface area contributed by atoms with Gasteiger partial charge in [-0.3, -0.25) is 0 Å². The van der Waals surface area contributed by atoms with Gasteiger partial charge in [0.25, 0.3) is 0 Å². The molecule has 48 heavy (non-hydrogen) atoms. The molecule has 0 atom stereocenters. The van der Waals surface area contributed by atoms with E-state index in [1.54, 1.807) is 0 Å². The number of carboxylic acids is 2. The fraction of sp³-hybridized carbons (Fsp3) is 0.750. The van der Waals surface area contributed by atoms with Gasteiger partial charge in [0.2, 0.25) is 0 Å². The average Bonchev–Trinajstić information content (AvgIpc) is 3.07. The highest BCUT2D eigenvalue weighted by molar-refractivity contribution is 6.09. The van der Waals surface area contributed by atoms with Crippen LogP contribution in [-0.4, -0.2) is 47.3 Å². The van der Waals surface area contributed by atoms with Gasteiger partial charge in [0, 0.05) is 0 Å². The van der Waals surface area contributed by atoms with E-state index in [1.165, 1.54) is 116 Å². The number of hydrogen-bond donors (Lipinski definition) is 2. The third-order valence-corrected chi connectivity index (χ3v) is 9.02. The third-order valence-electron chi connectivity index (χ3n) is 9.02. The summed E-state index contributed by atoms with van der Waals surface area (Å²) < 4.78 is 10.6. The van der Waals surface area contributed by atoms with Crippen molar-refractivity contribution in [3.63, 3.8) is 0 Å². The Bertz CT molecular complexity index is 953. The van der Waals surface area contributed by atoms with Gasteiger partial charge < -0.3 is 19.7 Å². The Balaban J connectivity index is 2.39. The van der Waals surface area contributed by atoms with Crippen LogP contribution in [0, 0.1) is 0 Å². The monoisotopic (exact) mass is 674 g/mol. The molecule has 8 heteroatoms. The lowest BCUT2D eigenvalue weighted by molar-refractivity contribution is 0.0472. The topological polar surface area (TPSA) is 127 Å². The molecule has 0 fully saturated rings. The second-order valence-corrected chi connectivity index (χ2v) is 13.3. The highest BCUT2D eigenvalue weighted by Gasteiger charge is 2.27. The number of benzene rings is 1. The van der Waals surface area contributed by atoms with E-state index in [4.69, 9.17) is 9.47 Å². The van der Waals surface area contributed by atoms with Crippen LogP contribution < -0.4 is 0 Å². The standard InChI is InChI=1S/C40H66O8/c1-3-5-7-9-11-13-15-17-19-21-23-25-27-29-47-39(45)35-31-34(38(43)44)36(32-33(35)37(41)42)40(46)48-30-28-26-24-22-20-18-16-14-12-10-8-6-4-2/h31-32H,3-30H2,1-2H3,(H,41,42)(H,43,44). The minimum absolute atomic E-state index is 0.112. The summed E-state index contributed by atoms with van der Waals surface area (Å²) in [7, 11) is 0. The number of aromatic carboxylic acids is 2. The number of carbonyl (C=O) groups excluding carboxylic acids is 2. The molecule has 8 nitrogen and oxygen atoms in total. The summed E-state index contributed by atoms with van der Waals surface area (Å²) in [6, 6.07) is 1.83. The Morgan fingerprint density at radius 1 is 0.396 bits per heavy atom. The van der Waals surface area contributed by atoms with Crippen LogP contribution in [0.2, 0.25) is 0 Å². The Labute approximate surface area is 290 Å². The molecule has 0 aliphatic rings. The largest absolute Gasteiger partial charge is 0.478 e. The fourth-order valence-electron chi connectivity index (χ4n) is 6.02. The van der Waals surface area contributed by atoms with Crippen molar-refractivity contribution in [2.45, 2.75) is 181 Å². The molecule has 0 heterocycles. The molecule has 0 amide bonds. The molecule has 0 aliphatic carbocycles. The first-order valence-electron chi connectivity index (χ1n) is 19.3. The van der Waals surface area contributed by atoms with Gasteiger partial charge >= 0.3 is 23.9 Å². The predicted octanol–water partition coefficient (Wildman–Crippen LogP) is 11.6. The van der Waals surface area contributed by atoms with Crippen molar-refractivity contribution in [3.8, 4) is 0 Å². The summed E-state index contributed by atoms with van der Waals surface area (Å²) in [6.45, 7) is 4.69. The molecule has 0 saturated carbocycles. The van der Waals surface area contributed by atoms with Gasteiger partial charge in [-0.1, -0.05) is 168 Å². The van der Waals surface area contributed by atoms with E-state index in [0.29, 0.717) is 12.8 Å². The summed E-state index contributed by atoms with van der Waals surface area (Å²) in [4.78, 5) is 49.5. The molecule has 0 aliphatic heterocycles. The van der Waals surface area contributed by atoms with E-state index in [2.05, 4.69) is 13.8 Å². The molecule has 0 bridgehead atoms. The number of ether oxygens (including phenoxy) is 2. The lowest BCUT2D eigenvalue weighted by atomic mass is 9.98. The lowest BCUT2D eigenvalue weighted by Gasteiger charge is -2.12. The molecule has 0 saturated heterocycles. The van der Waals surface area contributed by atoms with Gasteiger partial charge in [0.15, 0.2) is 0 Å². The number of carbonyl (C=O) groups is 4. The van der Waals surface area contributed by atoms with Crippen molar-refractivity contribution in [2.24, 2.45) is 0 Å². The zero-order valence-electron chi connectivity index (χ0n) is 30.3. The molecule has 1 aromatic rings. The van der Waals surface area contributed by atoms with Crippen molar-refractivity contribution in [2.75, 3.05) is 13.2 Å². The molecule has 1 rings (SSSR count). The Morgan fingerprint density at radius 3 is 0.854 bits per heavy atom.